The Balaban J connectivity index is 0.000000980. The second-order valence-corrected chi connectivity index (χ2v) is 3.23. The summed E-state index contributed by atoms with van der Waals surface area (Å²) in [6.07, 6.45) is 0. The number of ketones is 1. The highest BCUT2D eigenvalue weighted by Gasteiger charge is 2.25. The van der Waals surface area contributed by atoms with Crippen LogP contribution in [0, 0.1) is 11.7 Å². The molecule has 1 heterocycles. The molecule has 0 unspecified atom stereocenters. The van der Waals surface area contributed by atoms with Gasteiger partial charge in [-0.25, -0.2) is 4.39 Å². The van der Waals surface area contributed by atoms with Crippen LogP contribution in [-0.2, 0) is 0 Å². The fraction of sp³-hybridized carbons (Fsp3) is 0.300. The molecule has 1 N–H and O–H groups in total. The Bertz CT molecular complexity index is 321. The maximum atomic E-state index is 12.5. The summed E-state index contributed by atoms with van der Waals surface area (Å²) in [5.41, 5.74) is 0.605. The van der Waals surface area contributed by atoms with E-state index in [1.165, 1.54) is 24.3 Å². The molecular formula is C10H11ClFNO. The van der Waals surface area contributed by atoms with Crippen molar-refractivity contribution in [1.82, 2.24) is 5.32 Å². The summed E-state index contributed by atoms with van der Waals surface area (Å²) >= 11 is 0. The Kier molecular flexibility index (Phi) is 3.61. The lowest BCUT2D eigenvalue weighted by atomic mass is 9.93. The number of carbonyl (C=O) groups is 1. The molecule has 2 rings (SSSR count). The molecule has 1 fully saturated rings. The highest BCUT2D eigenvalue weighted by atomic mass is 35.5. The van der Waals surface area contributed by atoms with Crippen LogP contribution < -0.4 is 5.32 Å². The van der Waals surface area contributed by atoms with E-state index in [4.69, 9.17) is 0 Å². The summed E-state index contributed by atoms with van der Waals surface area (Å²) in [6, 6.07) is 5.71. The van der Waals surface area contributed by atoms with Gasteiger partial charge in [-0.3, -0.25) is 4.79 Å². The van der Waals surface area contributed by atoms with Gasteiger partial charge in [0.15, 0.2) is 5.78 Å². The third-order valence-corrected chi connectivity index (χ3v) is 2.28. The minimum absolute atomic E-state index is 0. The van der Waals surface area contributed by atoms with E-state index < -0.39 is 0 Å². The average Bonchev–Trinajstić information content (AvgIpc) is 2.02. The van der Waals surface area contributed by atoms with Crippen molar-refractivity contribution in [1.29, 1.82) is 0 Å². The number of hydrogen-bond donors (Lipinski definition) is 1. The molecule has 0 bridgehead atoms. The van der Waals surface area contributed by atoms with Crippen molar-refractivity contribution in [2.45, 2.75) is 0 Å². The van der Waals surface area contributed by atoms with Crippen molar-refractivity contribution in [3.8, 4) is 0 Å². The lowest BCUT2D eigenvalue weighted by Gasteiger charge is -2.25. The van der Waals surface area contributed by atoms with Crippen LogP contribution in [0.1, 0.15) is 10.4 Å². The van der Waals surface area contributed by atoms with E-state index in [-0.39, 0.29) is 29.9 Å². The first-order valence-corrected chi connectivity index (χ1v) is 4.28. The molecule has 2 nitrogen and oxygen atoms in total. The van der Waals surface area contributed by atoms with E-state index >= 15 is 0 Å². The fourth-order valence-electron chi connectivity index (χ4n) is 1.32. The molecule has 14 heavy (non-hydrogen) atoms. The van der Waals surface area contributed by atoms with Crippen LogP contribution in [0.2, 0.25) is 0 Å². The number of halogens is 2. The normalized spacial score (nSPS) is 15.5. The minimum atomic E-state index is -0.303. The van der Waals surface area contributed by atoms with Crippen LogP contribution >= 0.6 is 12.4 Å². The third kappa shape index (κ3) is 2.11. The van der Waals surface area contributed by atoms with Crippen LogP contribution in [-0.4, -0.2) is 18.9 Å². The molecule has 1 aromatic rings. The Labute approximate surface area is 87.9 Å². The summed E-state index contributed by atoms with van der Waals surface area (Å²) in [6.45, 7) is 1.49. The highest BCUT2D eigenvalue weighted by molar-refractivity contribution is 5.98. The van der Waals surface area contributed by atoms with Crippen molar-refractivity contribution >= 4 is 18.2 Å². The zero-order valence-corrected chi connectivity index (χ0v) is 8.31. The molecule has 76 valence electrons. The van der Waals surface area contributed by atoms with E-state index in [0.29, 0.717) is 5.56 Å². The predicted octanol–water partition coefficient (Wildman–Crippen LogP) is 1.65. The first-order valence-electron chi connectivity index (χ1n) is 4.28. The second-order valence-electron chi connectivity index (χ2n) is 3.23. The molecule has 0 spiro atoms. The van der Waals surface area contributed by atoms with Crippen molar-refractivity contribution in [3.05, 3.63) is 35.6 Å². The molecule has 1 aromatic carbocycles. The Hall–Kier alpha value is -0.930. The molecule has 0 radical (unpaired) electrons. The molecule has 0 aliphatic carbocycles. The SMILES string of the molecule is Cl.O=C(c1ccc(F)cc1)C1CNC1. The molecule has 0 saturated carbocycles. The van der Waals surface area contributed by atoms with Gasteiger partial charge in [0.1, 0.15) is 5.82 Å². The van der Waals surface area contributed by atoms with Gasteiger partial charge in [-0.1, -0.05) is 0 Å². The third-order valence-electron chi connectivity index (χ3n) is 2.28. The van der Waals surface area contributed by atoms with Gasteiger partial charge < -0.3 is 5.32 Å². The maximum absolute atomic E-state index is 12.5. The van der Waals surface area contributed by atoms with E-state index in [1.807, 2.05) is 0 Å². The van der Waals surface area contributed by atoms with Gasteiger partial charge in [0.05, 0.1) is 0 Å². The molecule has 0 amide bonds. The first-order chi connectivity index (χ1) is 6.27. The van der Waals surface area contributed by atoms with Crippen LogP contribution in [0.5, 0.6) is 0 Å². The zero-order valence-electron chi connectivity index (χ0n) is 7.50. The molecular weight excluding hydrogens is 205 g/mol. The summed E-state index contributed by atoms with van der Waals surface area (Å²) in [5.74, 6) is -0.104. The van der Waals surface area contributed by atoms with E-state index in [9.17, 15) is 9.18 Å². The molecule has 1 aliphatic rings. The van der Waals surface area contributed by atoms with Crippen LogP contribution in [0.25, 0.3) is 0 Å². The van der Waals surface area contributed by atoms with Crippen LogP contribution in [0.15, 0.2) is 24.3 Å². The van der Waals surface area contributed by atoms with E-state index in [0.717, 1.165) is 13.1 Å². The smallest absolute Gasteiger partial charge is 0.168 e. The molecule has 0 atom stereocenters. The summed E-state index contributed by atoms with van der Waals surface area (Å²) in [7, 11) is 0. The van der Waals surface area contributed by atoms with E-state index in [2.05, 4.69) is 5.32 Å². The number of rotatable bonds is 2. The summed E-state index contributed by atoms with van der Waals surface area (Å²) in [4.78, 5) is 11.6. The number of Topliss-reactive ketones (excluding diaryl/α,β-unsaturated/α-hetero) is 1. The van der Waals surface area contributed by atoms with Crippen LogP contribution in [0.3, 0.4) is 0 Å². The topological polar surface area (TPSA) is 29.1 Å². The van der Waals surface area contributed by atoms with Crippen molar-refractivity contribution < 1.29 is 9.18 Å². The monoisotopic (exact) mass is 215 g/mol. The van der Waals surface area contributed by atoms with Crippen molar-refractivity contribution in [3.63, 3.8) is 0 Å². The van der Waals surface area contributed by atoms with Gasteiger partial charge in [-0.2, -0.15) is 0 Å². The van der Waals surface area contributed by atoms with Gasteiger partial charge >= 0.3 is 0 Å². The first kappa shape index (κ1) is 11.1. The van der Waals surface area contributed by atoms with Gasteiger partial charge in [-0.05, 0) is 24.3 Å². The van der Waals surface area contributed by atoms with Gasteiger partial charge in [0.2, 0.25) is 0 Å². The average molecular weight is 216 g/mol. The number of benzene rings is 1. The maximum Gasteiger partial charge on any atom is 0.168 e. The number of carbonyl (C=O) groups excluding carboxylic acids is 1. The lowest BCUT2D eigenvalue weighted by molar-refractivity contribution is 0.0878. The van der Waals surface area contributed by atoms with Gasteiger partial charge in [-0.15, -0.1) is 12.4 Å². The second kappa shape index (κ2) is 4.53. The zero-order chi connectivity index (χ0) is 9.26. The summed E-state index contributed by atoms with van der Waals surface area (Å²) < 4.78 is 12.5. The van der Waals surface area contributed by atoms with Gasteiger partial charge in [0, 0.05) is 24.6 Å². The molecule has 1 aliphatic heterocycles. The standard InChI is InChI=1S/C10H10FNO.ClH/c11-9-3-1-7(2-4-9)10(13)8-5-12-6-8;/h1-4,8,12H,5-6H2;1H. The molecule has 1 saturated heterocycles. The Morgan fingerprint density at radius 2 is 1.86 bits per heavy atom. The Morgan fingerprint density at radius 1 is 1.29 bits per heavy atom. The Morgan fingerprint density at radius 3 is 2.29 bits per heavy atom. The number of hydrogen-bond acceptors (Lipinski definition) is 2. The fourth-order valence-corrected chi connectivity index (χ4v) is 1.32. The largest absolute Gasteiger partial charge is 0.315 e. The lowest BCUT2D eigenvalue weighted by Crippen LogP contribution is -2.46. The van der Waals surface area contributed by atoms with E-state index in [1.54, 1.807) is 0 Å². The molecule has 0 aromatic heterocycles. The molecule has 4 heteroatoms. The van der Waals surface area contributed by atoms with Gasteiger partial charge in [0.25, 0.3) is 0 Å². The van der Waals surface area contributed by atoms with Crippen molar-refractivity contribution in [2.75, 3.05) is 13.1 Å². The minimum Gasteiger partial charge on any atom is -0.315 e. The predicted molar refractivity (Wildman–Crippen MR) is 54.3 cm³/mol. The quantitative estimate of drug-likeness (QED) is 0.761. The number of nitrogens with one attached hydrogen (secondary N) is 1. The van der Waals surface area contributed by atoms with Crippen LogP contribution in [0.4, 0.5) is 4.39 Å². The summed E-state index contributed by atoms with van der Waals surface area (Å²) in [5, 5.41) is 3.03. The highest BCUT2D eigenvalue weighted by Crippen LogP contribution is 2.13. The van der Waals surface area contributed by atoms with Crippen molar-refractivity contribution in [2.24, 2.45) is 5.92 Å².